The summed E-state index contributed by atoms with van der Waals surface area (Å²) in [7, 11) is -3.46. The van der Waals surface area contributed by atoms with Crippen LogP contribution in [0.25, 0.3) is 5.69 Å². The molecule has 1 heterocycles. The van der Waals surface area contributed by atoms with Gasteiger partial charge in [-0.25, -0.2) is 17.8 Å². The molecule has 7 nitrogen and oxygen atoms in total. The Morgan fingerprint density at radius 1 is 1.00 bits per heavy atom. The summed E-state index contributed by atoms with van der Waals surface area (Å²) in [4.78, 5) is 13.0. The number of aryl methyl sites for hydroxylation is 1. The van der Waals surface area contributed by atoms with Gasteiger partial charge < -0.3 is 5.32 Å². The summed E-state index contributed by atoms with van der Waals surface area (Å²) in [6.07, 6.45) is 0. The summed E-state index contributed by atoms with van der Waals surface area (Å²) in [5, 5.41) is 7.44. The third-order valence-electron chi connectivity index (χ3n) is 4.84. The lowest BCUT2D eigenvalue weighted by Gasteiger charge is -2.13. The van der Waals surface area contributed by atoms with E-state index in [9.17, 15) is 13.2 Å². The third-order valence-corrected chi connectivity index (χ3v) is 6.36. The highest BCUT2D eigenvalue weighted by Gasteiger charge is 2.20. The molecule has 0 aliphatic carbocycles. The molecule has 164 valence electrons. The van der Waals surface area contributed by atoms with Crippen molar-refractivity contribution in [1.29, 1.82) is 0 Å². The van der Waals surface area contributed by atoms with Crippen LogP contribution in [-0.4, -0.2) is 30.1 Å². The second kappa shape index (κ2) is 9.45. The van der Waals surface area contributed by atoms with Crippen LogP contribution in [0.15, 0.2) is 54.6 Å². The topological polar surface area (TPSA) is 93.1 Å². The van der Waals surface area contributed by atoms with Crippen molar-refractivity contribution < 1.29 is 13.2 Å². The maximum Gasteiger partial charge on any atom is 0.255 e. The number of hydrogen-bond acceptors (Lipinski definition) is 4. The van der Waals surface area contributed by atoms with E-state index in [1.807, 2.05) is 49.4 Å². The molecule has 1 aromatic heterocycles. The van der Waals surface area contributed by atoms with E-state index in [1.165, 1.54) is 0 Å². The Hall–Kier alpha value is -2.97. The van der Waals surface area contributed by atoms with Crippen LogP contribution in [0.4, 0.5) is 0 Å². The van der Waals surface area contributed by atoms with E-state index < -0.39 is 10.0 Å². The normalized spacial score (nSPS) is 11.6. The van der Waals surface area contributed by atoms with E-state index in [1.54, 1.807) is 37.6 Å². The van der Waals surface area contributed by atoms with Crippen molar-refractivity contribution in [2.45, 2.75) is 46.0 Å². The van der Waals surface area contributed by atoms with Crippen molar-refractivity contribution in [3.05, 3.63) is 82.7 Å². The maximum absolute atomic E-state index is 13.0. The number of nitrogens with one attached hydrogen (secondary N) is 2. The number of nitrogens with zero attached hydrogens (tertiary/aromatic N) is 2. The minimum absolute atomic E-state index is 0.138. The van der Waals surface area contributed by atoms with Gasteiger partial charge in [-0.15, -0.1) is 0 Å². The number of aromatic nitrogens is 2. The standard InChI is InChI=1S/C23H28N4O3S/c1-16(2)26-31(29,30)15-20-11-9-8-10-19(20)14-24-23(28)22-17(3)25-27(18(22)4)21-12-6-5-7-13-21/h5-13,16,26H,14-15H2,1-4H3,(H,24,28). The molecular weight excluding hydrogens is 412 g/mol. The smallest absolute Gasteiger partial charge is 0.255 e. The lowest BCUT2D eigenvalue weighted by atomic mass is 10.1. The van der Waals surface area contributed by atoms with Gasteiger partial charge in [-0.3, -0.25) is 4.79 Å². The lowest BCUT2D eigenvalue weighted by molar-refractivity contribution is 0.0949. The first kappa shape index (κ1) is 22.7. The second-order valence-corrected chi connectivity index (χ2v) is 9.53. The SMILES string of the molecule is Cc1nn(-c2ccccc2)c(C)c1C(=O)NCc1ccccc1CS(=O)(=O)NC(C)C. The van der Waals surface area contributed by atoms with Crippen molar-refractivity contribution in [2.75, 3.05) is 0 Å². The number of rotatable bonds is 8. The minimum atomic E-state index is -3.46. The molecule has 0 spiro atoms. The lowest BCUT2D eigenvalue weighted by Crippen LogP contribution is -2.32. The number of benzene rings is 2. The molecule has 0 unspecified atom stereocenters. The number of carbonyl (C=O) groups is 1. The summed E-state index contributed by atoms with van der Waals surface area (Å²) < 4.78 is 29.0. The largest absolute Gasteiger partial charge is 0.348 e. The van der Waals surface area contributed by atoms with Crippen molar-refractivity contribution in [1.82, 2.24) is 19.8 Å². The molecule has 0 radical (unpaired) electrons. The van der Waals surface area contributed by atoms with Gasteiger partial charge >= 0.3 is 0 Å². The Morgan fingerprint density at radius 2 is 1.61 bits per heavy atom. The fourth-order valence-corrected chi connectivity index (χ4v) is 5.02. The molecule has 0 aliphatic rings. The third kappa shape index (κ3) is 5.59. The van der Waals surface area contributed by atoms with Gasteiger partial charge in [-0.2, -0.15) is 5.10 Å². The summed E-state index contributed by atoms with van der Waals surface area (Å²) >= 11 is 0. The molecule has 2 aromatic carbocycles. The van der Waals surface area contributed by atoms with Gasteiger partial charge in [0, 0.05) is 12.6 Å². The highest BCUT2D eigenvalue weighted by Crippen LogP contribution is 2.18. The zero-order valence-electron chi connectivity index (χ0n) is 18.2. The molecule has 31 heavy (non-hydrogen) atoms. The molecule has 3 aromatic rings. The summed E-state index contributed by atoms with van der Waals surface area (Å²) in [6, 6.07) is 16.7. The van der Waals surface area contributed by atoms with Gasteiger partial charge in [-0.1, -0.05) is 42.5 Å². The molecule has 0 fully saturated rings. The maximum atomic E-state index is 13.0. The van der Waals surface area contributed by atoms with Crippen molar-refractivity contribution in [3.63, 3.8) is 0 Å². The van der Waals surface area contributed by atoms with E-state index in [2.05, 4.69) is 15.1 Å². The van der Waals surface area contributed by atoms with Gasteiger partial charge in [0.05, 0.1) is 28.4 Å². The number of sulfonamides is 1. The average Bonchev–Trinajstić information content (AvgIpc) is 3.00. The first-order valence-electron chi connectivity index (χ1n) is 10.1. The Balaban J connectivity index is 1.78. The summed E-state index contributed by atoms with van der Waals surface area (Å²) in [5.41, 5.74) is 4.21. The van der Waals surface area contributed by atoms with Crippen LogP contribution in [-0.2, 0) is 22.3 Å². The fraction of sp³-hybridized carbons (Fsp3) is 0.304. The number of amides is 1. The molecule has 0 saturated carbocycles. The molecule has 0 saturated heterocycles. The van der Waals surface area contributed by atoms with Crippen LogP contribution in [0.2, 0.25) is 0 Å². The summed E-state index contributed by atoms with van der Waals surface area (Å²) in [6.45, 7) is 7.45. The van der Waals surface area contributed by atoms with Gasteiger partial charge in [0.2, 0.25) is 10.0 Å². The Labute approximate surface area is 183 Å². The van der Waals surface area contributed by atoms with Crippen molar-refractivity contribution in [2.24, 2.45) is 0 Å². The highest BCUT2D eigenvalue weighted by molar-refractivity contribution is 7.88. The van der Waals surface area contributed by atoms with Crippen LogP contribution < -0.4 is 10.0 Å². The molecule has 8 heteroatoms. The van der Waals surface area contributed by atoms with Crippen LogP contribution in [0.3, 0.4) is 0 Å². The van der Waals surface area contributed by atoms with Gasteiger partial charge in [-0.05, 0) is 51.0 Å². The zero-order valence-corrected chi connectivity index (χ0v) is 19.0. The molecule has 2 N–H and O–H groups in total. The highest BCUT2D eigenvalue weighted by atomic mass is 32.2. The number of hydrogen-bond donors (Lipinski definition) is 2. The molecule has 0 bridgehead atoms. The van der Waals surface area contributed by atoms with Gasteiger partial charge in [0.15, 0.2) is 0 Å². The predicted octanol–water partition coefficient (Wildman–Crippen LogP) is 3.25. The Morgan fingerprint density at radius 3 is 2.26 bits per heavy atom. The Kier molecular flexibility index (Phi) is 6.92. The first-order valence-corrected chi connectivity index (χ1v) is 11.8. The molecule has 0 atom stereocenters. The van der Waals surface area contributed by atoms with E-state index in [0.717, 1.165) is 16.9 Å². The quantitative estimate of drug-likeness (QED) is 0.562. The van der Waals surface area contributed by atoms with E-state index in [-0.39, 0.29) is 24.2 Å². The van der Waals surface area contributed by atoms with Crippen LogP contribution in [0, 0.1) is 13.8 Å². The second-order valence-electron chi connectivity index (χ2n) is 7.78. The monoisotopic (exact) mass is 440 g/mol. The van der Waals surface area contributed by atoms with E-state index in [4.69, 9.17) is 0 Å². The van der Waals surface area contributed by atoms with Gasteiger partial charge in [0.25, 0.3) is 5.91 Å². The summed E-state index contributed by atoms with van der Waals surface area (Å²) in [5.74, 6) is -0.378. The molecule has 0 aliphatic heterocycles. The van der Waals surface area contributed by atoms with Crippen molar-refractivity contribution in [3.8, 4) is 5.69 Å². The fourth-order valence-electron chi connectivity index (χ4n) is 3.53. The zero-order chi connectivity index (χ0) is 22.6. The first-order chi connectivity index (χ1) is 14.7. The molecule has 1 amide bonds. The average molecular weight is 441 g/mol. The van der Waals surface area contributed by atoms with Crippen LogP contribution in [0.1, 0.15) is 46.7 Å². The van der Waals surface area contributed by atoms with E-state index >= 15 is 0 Å². The number of carbonyl (C=O) groups excluding carboxylic acids is 1. The predicted molar refractivity (Wildman–Crippen MR) is 122 cm³/mol. The Bertz CT molecular complexity index is 1170. The molecule has 3 rings (SSSR count). The van der Waals surface area contributed by atoms with Gasteiger partial charge in [0.1, 0.15) is 0 Å². The minimum Gasteiger partial charge on any atom is -0.348 e. The number of para-hydroxylation sites is 1. The van der Waals surface area contributed by atoms with Crippen LogP contribution >= 0.6 is 0 Å². The molecular formula is C23H28N4O3S. The van der Waals surface area contributed by atoms with Crippen LogP contribution in [0.5, 0.6) is 0 Å². The van der Waals surface area contributed by atoms with E-state index in [0.29, 0.717) is 16.8 Å². The van der Waals surface area contributed by atoms with Crippen molar-refractivity contribution >= 4 is 15.9 Å².